The van der Waals surface area contributed by atoms with E-state index in [1.807, 2.05) is 116 Å². The second-order valence-corrected chi connectivity index (χ2v) is 29.9. The van der Waals surface area contributed by atoms with E-state index >= 15 is 0 Å². The van der Waals surface area contributed by atoms with E-state index in [0.717, 1.165) is 5.56 Å². The van der Waals surface area contributed by atoms with E-state index in [0.29, 0.717) is 82.9 Å². The van der Waals surface area contributed by atoms with Gasteiger partial charge < -0.3 is 44.2 Å². The molecule has 5 atom stereocenters. The van der Waals surface area contributed by atoms with Crippen molar-refractivity contribution >= 4 is 52.0 Å². The van der Waals surface area contributed by atoms with Crippen LogP contribution in [0.2, 0.25) is 0 Å². The predicted octanol–water partition coefficient (Wildman–Crippen LogP) is 16.4. The van der Waals surface area contributed by atoms with Crippen molar-refractivity contribution in [3.8, 4) is 0 Å². The predicted molar refractivity (Wildman–Crippen MR) is 372 cm³/mol. The zero-order chi connectivity index (χ0) is 66.0. The Labute approximate surface area is 529 Å². The van der Waals surface area contributed by atoms with Crippen molar-refractivity contribution in [2.75, 3.05) is 21.3 Å². The molecule has 12 heteroatoms. The summed E-state index contributed by atoms with van der Waals surface area (Å²) in [4.78, 5) is 54.8. The molecular weight excluding hydrogens is 1090 g/mol. The minimum absolute atomic E-state index is 0.0391. The smallest absolute Gasteiger partial charge is 0.226 e. The molecule has 0 aromatic heterocycles. The average molecular weight is 1200 g/mol. The van der Waals surface area contributed by atoms with Crippen LogP contribution < -0.4 is 44.2 Å². The van der Waals surface area contributed by atoms with Crippen molar-refractivity contribution in [2.24, 2.45) is 46.6 Å². The minimum atomic E-state index is -0.705. The summed E-state index contributed by atoms with van der Waals surface area (Å²) in [7, 11) is 0. The second-order valence-electron chi connectivity index (χ2n) is 29.9. The molecule has 12 N–H and O–H groups in total. The molecule has 5 rings (SSSR count). The molecule has 1 aliphatic carbocycles. The van der Waals surface area contributed by atoms with Crippen LogP contribution in [0.1, 0.15) is 233 Å². The standard InChI is InChI=1S/C76H110N8O4/c1-45(2)69(85)81-61-35-25-36-62(82-70(86)46(3)4)67(61)65-57(77)31-21-27-49(51-39-53(73(9,10)11)43-54(40-51)74(12,13)14)29-23-33-59(79)66(68-63(83-71(87)47(5)6)37-26-38-64(68)84-72(88)48(7)8)60(80)34-24-30-50(28-22-32-58(65)78)52-41-55(75(15,16)17)44-56(42-52)76(18,19)20/h21-23,25-26,31-50,57-58,65H,24,27-30,77-80H2,1-20H3,(H,81,85)(H,82,86)(H,83,87)(H,84,88)/b31-21-,32-22-,33-23-,60-34-,66-59+. The van der Waals surface area contributed by atoms with E-state index in [1.54, 1.807) is 0 Å². The highest BCUT2D eigenvalue weighted by Crippen LogP contribution is 2.42. The van der Waals surface area contributed by atoms with Crippen LogP contribution in [0.25, 0.3) is 5.57 Å². The molecule has 5 unspecified atom stereocenters. The Hall–Kier alpha value is -7.02. The number of allylic oxidation sites excluding steroid dienone is 6. The van der Waals surface area contributed by atoms with Gasteiger partial charge in [-0.3, -0.25) is 19.2 Å². The molecule has 478 valence electrons. The molecule has 0 heterocycles. The highest BCUT2D eigenvalue weighted by atomic mass is 16.2. The molecule has 12 nitrogen and oxygen atoms in total. The van der Waals surface area contributed by atoms with Crippen LogP contribution >= 0.6 is 0 Å². The second kappa shape index (κ2) is 30.0. The molecule has 0 saturated carbocycles. The zero-order valence-electron chi connectivity index (χ0n) is 57.1. The van der Waals surface area contributed by atoms with Gasteiger partial charge in [0.05, 0.1) is 11.4 Å². The number of amides is 4. The summed E-state index contributed by atoms with van der Waals surface area (Å²) in [5, 5.41) is 12.7. The molecule has 1 aliphatic rings. The van der Waals surface area contributed by atoms with Gasteiger partial charge in [-0.15, -0.1) is 0 Å². The lowest BCUT2D eigenvalue weighted by Crippen LogP contribution is -2.40. The first-order valence-electron chi connectivity index (χ1n) is 32.1. The molecule has 0 aliphatic heterocycles. The Balaban J connectivity index is 1.91. The molecule has 0 fully saturated rings. The lowest BCUT2D eigenvalue weighted by molar-refractivity contribution is -0.119. The molecule has 0 radical (unpaired) electrons. The maximum absolute atomic E-state index is 13.7. The third-order valence-electron chi connectivity index (χ3n) is 16.8. The average Bonchev–Trinajstić information content (AvgIpc) is 1.77. The third-order valence-corrected chi connectivity index (χ3v) is 16.8. The normalized spacial score (nSPS) is 21.5. The molecule has 4 amide bonds. The Morgan fingerprint density at radius 2 is 0.795 bits per heavy atom. The van der Waals surface area contributed by atoms with Crippen LogP contribution in [0.15, 0.2) is 127 Å². The molecular formula is C76H110N8O4. The highest BCUT2D eigenvalue weighted by Gasteiger charge is 2.32. The van der Waals surface area contributed by atoms with Gasteiger partial charge in [0.2, 0.25) is 23.6 Å². The van der Waals surface area contributed by atoms with E-state index < -0.39 is 18.0 Å². The molecule has 0 spiro atoms. The highest BCUT2D eigenvalue weighted by molar-refractivity contribution is 6.04. The van der Waals surface area contributed by atoms with E-state index in [-0.39, 0.29) is 80.8 Å². The van der Waals surface area contributed by atoms with Gasteiger partial charge in [0, 0.05) is 81.1 Å². The fourth-order valence-electron chi connectivity index (χ4n) is 10.7. The molecule has 88 heavy (non-hydrogen) atoms. The van der Waals surface area contributed by atoms with Crippen LogP contribution in [0.5, 0.6) is 0 Å². The van der Waals surface area contributed by atoms with Gasteiger partial charge in [0.25, 0.3) is 0 Å². The summed E-state index contributed by atoms with van der Waals surface area (Å²) in [6, 6.07) is 23.6. The van der Waals surface area contributed by atoms with Crippen LogP contribution in [-0.4, -0.2) is 35.7 Å². The first-order valence-corrected chi connectivity index (χ1v) is 32.1. The van der Waals surface area contributed by atoms with Crippen molar-refractivity contribution < 1.29 is 19.2 Å². The number of nitrogens with one attached hydrogen (secondary N) is 4. The lowest BCUT2D eigenvalue weighted by Gasteiger charge is -2.31. The van der Waals surface area contributed by atoms with E-state index in [1.165, 1.54) is 27.8 Å². The topological polar surface area (TPSA) is 220 Å². The Kier molecular flexibility index (Phi) is 24.4. The Bertz CT molecular complexity index is 3130. The number of hydrogen-bond donors (Lipinski definition) is 8. The van der Waals surface area contributed by atoms with Crippen molar-refractivity contribution in [3.63, 3.8) is 0 Å². The van der Waals surface area contributed by atoms with Gasteiger partial charge in [0.1, 0.15) is 0 Å². The summed E-state index contributed by atoms with van der Waals surface area (Å²) in [6.45, 7) is 41.6. The SMILES string of the molecule is CC(C)C(=O)Nc1cccc(NC(=O)C(C)C)c1C1=C(N)\C=C/CC(c2cc(C(C)(C)C)cc(C(C)(C)C)c2)C/C=C\C(N)C(c2c(NC(=O)C(C)C)cccc2NC(=O)C(C)C)C(N)/C=C\CC(c2cc(C(C)(C)C)cc(C(C)(C)C)c2)CC\C=C\1N. The maximum Gasteiger partial charge on any atom is 0.226 e. The van der Waals surface area contributed by atoms with E-state index in [2.05, 4.69) is 159 Å². The first kappa shape index (κ1) is 71.7. The molecule has 0 saturated heterocycles. The number of nitrogens with two attached hydrogens (primary N) is 4. The number of hydrogen-bond acceptors (Lipinski definition) is 8. The number of benzene rings is 4. The van der Waals surface area contributed by atoms with Gasteiger partial charge in [0.15, 0.2) is 0 Å². The number of anilines is 4. The quantitative estimate of drug-likeness (QED) is 0.0636. The fourth-order valence-corrected chi connectivity index (χ4v) is 10.7. The molecule has 0 bridgehead atoms. The minimum Gasteiger partial charge on any atom is -0.398 e. The van der Waals surface area contributed by atoms with Crippen LogP contribution in [-0.2, 0) is 40.8 Å². The molecule has 4 aromatic carbocycles. The third kappa shape index (κ3) is 19.5. The maximum atomic E-state index is 13.7. The summed E-state index contributed by atoms with van der Waals surface area (Å²) in [5.41, 5.74) is 41.1. The Morgan fingerprint density at radius 1 is 0.466 bits per heavy atom. The van der Waals surface area contributed by atoms with Gasteiger partial charge >= 0.3 is 0 Å². The summed E-state index contributed by atoms with van der Waals surface area (Å²) < 4.78 is 0. The van der Waals surface area contributed by atoms with Crippen LogP contribution in [0.3, 0.4) is 0 Å². The number of carbonyl (C=O) groups is 4. The summed E-state index contributed by atoms with van der Waals surface area (Å²) >= 11 is 0. The zero-order valence-corrected chi connectivity index (χ0v) is 57.1. The van der Waals surface area contributed by atoms with E-state index in [9.17, 15) is 19.2 Å². The van der Waals surface area contributed by atoms with Gasteiger partial charge in [-0.05, 0) is 129 Å². The van der Waals surface area contributed by atoms with Crippen LogP contribution in [0, 0.1) is 23.7 Å². The van der Waals surface area contributed by atoms with Crippen molar-refractivity contribution in [2.45, 2.75) is 222 Å². The first-order chi connectivity index (χ1) is 40.8. The summed E-state index contributed by atoms with van der Waals surface area (Å²) in [6.07, 6.45) is 17.3. The van der Waals surface area contributed by atoms with Crippen molar-refractivity contribution in [3.05, 3.63) is 171 Å². The fraction of sp³-hybridized carbons (Fsp3) is 0.500. The lowest BCUT2D eigenvalue weighted by atomic mass is 9.77. The number of carbonyl (C=O) groups excluding carboxylic acids is 4. The largest absolute Gasteiger partial charge is 0.398 e. The molecule has 4 aromatic rings. The van der Waals surface area contributed by atoms with Crippen molar-refractivity contribution in [1.29, 1.82) is 0 Å². The summed E-state index contributed by atoms with van der Waals surface area (Å²) in [5.74, 6) is -2.87. The van der Waals surface area contributed by atoms with Gasteiger partial charge in [-0.25, -0.2) is 0 Å². The number of rotatable bonds is 12. The monoisotopic (exact) mass is 1200 g/mol. The van der Waals surface area contributed by atoms with Gasteiger partial charge in [-0.2, -0.15) is 0 Å². The van der Waals surface area contributed by atoms with Crippen molar-refractivity contribution in [1.82, 2.24) is 0 Å². The van der Waals surface area contributed by atoms with Crippen LogP contribution in [0.4, 0.5) is 22.7 Å². The Morgan fingerprint density at radius 3 is 1.16 bits per heavy atom. The van der Waals surface area contributed by atoms with Gasteiger partial charge in [-0.1, -0.05) is 223 Å². The van der Waals surface area contributed by atoms with E-state index in [4.69, 9.17) is 22.9 Å².